The Morgan fingerprint density at radius 3 is 2.48 bits per heavy atom. The molecular weight excluding hydrogens is 318 g/mol. The van der Waals surface area contributed by atoms with Crippen molar-refractivity contribution in [3.05, 3.63) is 50.9 Å². The highest BCUT2D eigenvalue weighted by Gasteiger charge is 2.20. The molecule has 3 aromatic heterocycles. The van der Waals surface area contributed by atoms with E-state index < -0.39 is 22.0 Å². The molecule has 120 valence electrons. The minimum Gasteiger partial charge on any atom is -0.314 e. The van der Waals surface area contributed by atoms with Crippen LogP contribution in [-0.2, 0) is 37.7 Å². The van der Waals surface area contributed by atoms with Crippen molar-refractivity contribution in [1.29, 1.82) is 0 Å². The monoisotopic (exact) mass is 333 g/mol. The van der Waals surface area contributed by atoms with E-state index in [4.69, 9.17) is 0 Å². The fourth-order valence-corrected chi connectivity index (χ4v) is 3.54. The van der Waals surface area contributed by atoms with Crippen molar-refractivity contribution in [2.24, 2.45) is 21.1 Å². The van der Waals surface area contributed by atoms with Gasteiger partial charge in [0.15, 0.2) is 11.2 Å². The molecule has 23 heavy (non-hydrogen) atoms. The van der Waals surface area contributed by atoms with Gasteiger partial charge < -0.3 is 4.57 Å². The van der Waals surface area contributed by atoms with E-state index in [1.54, 1.807) is 25.4 Å². The maximum Gasteiger partial charge on any atom is 0.332 e. The number of hydrogen-bond donors (Lipinski definition) is 0. The summed E-state index contributed by atoms with van der Waals surface area (Å²) in [6.45, 7) is 0. The molecule has 0 amide bonds. The Hall–Kier alpha value is -2.55. The van der Waals surface area contributed by atoms with Crippen LogP contribution in [0.4, 0.5) is 0 Å². The van der Waals surface area contributed by atoms with Gasteiger partial charge in [-0.3, -0.25) is 23.1 Å². The first-order chi connectivity index (χ1) is 10.9. The van der Waals surface area contributed by atoms with Crippen molar-refractivity contribution in [2.45, 2.75) is 10.9 Å². The SMILES string of the molecule is Cn1c(=O)c2c(nc(S(=O)Cc3ccccn3)n2C)n(C)c1=O. The highest BCUT2D eigenvalue weighted by molar-refractivity contribution is 7.84. The first-order valence-electron chi connectivity index (χ1n) is 6.82. The van der Waals surface area contributed by atoms with E-state index in [2.05, 4.69) is 9.97 Å². The number of hydrogen-bond acceptors (Lipinski definition) is 5. The molecule has 0 spiro atoms. The number of fused-ring (bicyclic) bond motifs is 1. The molecule has 0 aromatic carbocycles. The summed E-state index contributed by atoms with van der Waals surface area (Å²) in [7, 11) is 3.07. The molecule has 0 fully saturated rings. The predicted molar refractivity (Wildman–Crippen MR) is 85.5 cm³/mol. The van der Waals surface area contributed by atoms with E-state index in [0.717, 1.165) is 4.57 Å². The summed E-state index contributed by atoms with van der Waals surface area (Å²) >= 11 is 0. The first kappa shape index (κ1) is 15.3. The van der Waals surface area contributed by atoms with Crippen LogP contribution >= 0.6 is 0 Å². The Morgan fingerprint density at radius 2 is 1.83 bits per heavy atom. The number of aromatic nitrogens is 5. The van der Waals surface area contributed by atoms with Crippen molar-refractivity contribution in [3.63, 3.8) is 0 Å². The standard InChI is InChI=1S/C14H15N5O3S/c1-17-10-11(18(2)14(21)19(3)12(10)20)16-13(17)23(22)8-9-6-4-5-7-15-9/h4-7H,8H2,1-3H3. The largest absolute Gasteiger partial charge is 0.332 e. The van der Waals surface area contributed by atoms with E-state index in [0.29, 0.717) is 5.69 Å². The summed E-state index contributed by atoms with van der Waals surface area (Å²) in [6.07, 6.45) is 1.63. The average Bonchev–Trinajstić information content (AvgIpc) is 2.89. The lowest BCUT2D eigenvalue weighted by Crippen LogP contribution is -2.37. The molecule has 3 rings (SSSR count). The van der Waals surface area contributed by atoms with Gasteiger partial charge in [-0.1, -0.05) is 6.07 Å². The van der Waals surface area contributed by atoms with Crippen LogP contribution in [0.3, 0.4) is 0 Å². The zero-order valence-corrected chi connectivity index (χ0v) is 13.7. The molecule has 0 N–H and O–H groups in total. The van der Waals surface area contributed by atoms with Crippen LogP contribution in [0.25, 0.3) is 11.2 Å². The Kier molecular flexibility index (Phi) is 3.72. The summed E-state index contributed by atoms with van der Waals surface area (Å²) < 4.78 is 16.4. The van der Waals surface area contributed by atoms with E-state index in [-0.39, 0.29) is 22.1 Å². The third-order valence-corrected chi connectivity index (χ3v) is 4.97. The van der Waals surface area contributed by atoms with Gasteiger partial charge in [0.1, 0.15) is 0 Å². The van der Waals surface area contributed by atoms with Crippen molar-refractivity contribution >= 4 is 22.0 Å². The molecule has 0 bridgehead atoms. The van der Waals surface area contributed by atoms with E-state index in [1.165, 1.54) is 23.2 Å². The number of pyridine rings is 1. The van der Waals surface area contributed by atoms with Crippen LogP contribution in [0.5, 0.6) is 0 Å². The molecule has 0 aliphatic rings. The molecule has 9 heteroatoms. The van der Waals surface area contributed by atoms with Gasteiger partial charge in [-0.25, -0.2) is 9.78 Å². The molecule has 0 radical (unpaired) electrons. The zero-order chi connectivity index (χ0) is 16.7. The molecular formula is C14H15N5O3S. The predicted octanol–water partition coefficient (Wildman–Crippen LogP) is -0.327. The Bertz CT molecular complexity index is 1030. The van der Waals surface area contributed by atoms with Gasteiger partial charge in [0, 0.05) is 27.3 Å². The molecule has 0 aliphatic heterocycles. The quantitative estimate of drug-likeness (QED) is 0.655. The zero-order valence-electron chi connectivity index (χ0n) is 12.9. The van der Waals surface area contributed by atoms with Crippen LogP contribution < -0.4 is 11.2 Å². The van der Waals surface area contributed by atoms with Crippen LogP contribution in [0.15, 0.2) is 39.1 Å². The number of aryl methyl sites for hydroxylation is 2. The lowest BCUT2D eigenvalue weighted by Gasteiger charge is -2.03. The third kappa shape index (κ3) is 2.42. The van der Waals surface area contributed by atoms with Gasteiger partial charge in [0.05, 0.1) is 22.2 Å². The van der Waals surface area contributed by atoms with Crippen LogP contribution in [0.2, 0.25) is 0 Å². The van der Waals surface area contributed by atoms with Crippen molar-refractivity contribution in [2.75, 3.05) is 0 Å². The highest BCUT2D eigenvalue weighted by atomic mass is 32.2. The number of nitrogens with zero attached hydrogens (tertiary/aromatic N) is 5. The first-order valence-corrected chi connectivity index (χ1v) is 8.14. The minimum absolute atomic E-state index is 0.187. The topological polar surface area (TPSA) is 91.8 Å². The second-order valence-electron chi connectivity index (χ2n) is 5.14. The summed E-state index contributed by atoms with van der Waals surface area (Å²) in [5.74, 6) is 0.187. The fourth-order valence-electron chi connectivity index (χ4n) is 2.38. The number of imidazole rings is 1. The van der Waals surface area contributed by atoms with Gasteiger partial charge >= 0.3 is 5.69 Å². The Labute approximate surface area is 133 Å². The van der Waals surface area contributed by atoms with E-state index in [9.17, 15) is 13.8 Å². The molecule has 0 saturated heterocycles. The van der Waals surface area contributed by atoms with E-state index in [1.807, 2.05) is 6.07 Å². The van der Waals surface area contributed by atoms with Crippen molar-refractivity contribution in [3.8, 4) is 0 Å². The molecule has 1 atom stereocenters. The highest BCUT2D eigenvalue weighted by Crippen LogP contribution is 2.14. The van der Waals surface area contributed by atoms with E-state index >= 15 is 0 Å². The Morgan fingerprint density at radius 1 is 1.09 bits per heavy atom. The van der Waals surface area contributed by atoms with Gasteiger partial charge in [-0.15, -0.1) is 0 Å². The maximum absolute atomic E-state index is 12.6. The smallest absolute Gasteiger partial charge is 0.314 e. The fraction of sp³-hybridized carbons (Fsp3) is 0.286. The molecule has 8 nitrogen and oxygen atoms in total. The minimum atomic E-state index is -1.48. The summed E-state index contributed by atoms with van der Waals surface area (Å²) in [6, 6.07) is 5.37. The summed E-state index contributed by atoms with van der Waals surface area (Å²) in [4.78, 5) is 32.7. The normalized spacial score (nSPS) is 12.7. The molecule has 1 unspecified atom stereocenters. The summed E-state index contributed by atoms with van der Waals surface area (Å²) in [5.41, 5.74) is 0.213. The molecule has 3 heterocycles. The third-order valence-electron chi connectivity index (χ3n) is 3.64. The number of rotatable bonds is 3. The second-order valence-corrected chi connectivity index (χ2v) is 6.49. The van der Waals surface area contributed by atoms with Crippen molar-refractivity contribution in [1.82, 2.24) is 23.7 Å². The lowest BCUT2D eigenvalue weighted by molar-refractivity contribution is 0.666. The maximum atomic E-state index is 12.6. The average molecular weight is 333 g/mol. The van der Waals surface area contributed by atoms with Gasteiger partial charge in [-0.05, 0) is 12.1 Å². The van der Waals surface area contributed by atoms with Crippen LogP contribution in [-0.4, -0.2) is 27.9 Å². The van der Waals surface area contributed by atoms with Gasteiger partial charge in [-0.2, -0.15) is 0 Å². The van der Waals surface area contributed by atoms with Crippen LogP contribution in [0.1, 0.15) is 5.69 Å². The van der Waals surface area contributed by atoms with Crippen LogP contribution in [0, 0.1) is 0 Å². The molecule has 0 aliphatic carbocycles. The van der Waals surface area contributed by atoms with Gasteiger partial charge in [0.2, 0.25) is 5.16 Å². The second kappa shape index (κ2) is 5.58. The molecule has 3 aromatic rings. The summed E-state index contributed by atoms with van der Waals surface area (Å²) in [5, 5.41) is 0.240. The lowest BCUT2D eigenvalue weighted by atomic mass is 10.4. The Balaban J connectivity index is 2.17. The molecule has 0 saturated carbocycles. The van der Waals surface area contributed by atoms with Gasteiger partial charge in [0.25, 0.3) is 5.56 Å². The van der Waals surface area contributed by atoms with Crippen molar-refractivity contribution < 1.29 is 4.21 Å².